The topological polar surface area (TPSA) is 59.0 Å². The van der Waals surface area contributed by atoms with Crippen LogP contribution >= 0.6 is 0 Å². The van der Waals surface area contributed by atoms with E-state index in [-0.39, 0.29) is 18.0 Å². The lowest BCUT2D eigenvalue weighted by atomic mass is 9.85. The Balaban J connectivity index is 1.60. The van der Waals surface area contributed by atoms with Crippen molar-refractivity contribution in [3.8, 4) is 0 Å². The number of aryl methyl sites for hydroxylation is 1. The van der Waals surface area contributed by atoms with Gasteiger partial charge in [0.05, 0.1) is 18.3 Å². The van der Waals surface area contributed by atoms with Crippen LogP contribution in [0.15, 0.2) is 6.20 Å². The lowest BCUT2D eigenvalue weighted by molar-refractivity contribution is -0.123. The molecule has 0 bridgehead atoms. The quantitative estimate of drug-likeness (QED) is 0.893. The Labute approximate surface area is 126 Å². The van der Waals surface area contributed by atoms with E-state index in [9.17, 15) is 4.79 Å². The van der Waals surface area contributed by atoms with Crippen molar-refractivity contribution >= 4 is 5.91 Å². The van der Waals surface area contributed by atoms with Crippen LogP contribution in [0.5, 0.6) is 0 Å². The molecule has 0 radical (unpaired) electrons. The van der Waals surface area contributed by atoms with E-state index >= 15 is 0 Å². The van der Waals surface area contributed by atoms with E-state index in [1.165, 1.54) is 25.7 Å². The third-order valence-corrected chi connectivity index (χ3v) is 5.28. The molecule has 2 aliphatic rings. The first-order valence-corrected chi connectivity index (χ1v) is 8.11. The zero-order valence-electron chi connectivity index (χ0n) is 13.2. The van der Waals surface area contributed by atoms with Crippen molar-refractivity contribution in [2.45, 2.75) is 64.1 Å². The molecule has 1 saturated heterocycles. The number of nitrogens with one attached hydrogen (secondary N) is 2. The summed E-state index contributed by atoms with van der Waals surface area (Å²) in [5, 5.41) is 10.9. The van der Waals surface area contributed by atoms with Crippen LogP contribution < -0.4 is 10.6 Å². The molecule has 2 fully saturated rings. The van der Waals surface area contributed by atoms with Crippen LogP contribution in [0.3, 0.4) is 0 Å². The molecule has 1 aromatic heterocycles. The van der Waals surface area contributed by atoms with Crippen molar-refractivity contribution in [3.63, 3.8) is 0 Å². The fraction of sp³-hybridized carbons (Fsp3) is 0.750. The molecule has 1 amide bonds. The van der Waals surface area contributed by atoms with Gasteiger partial charge in [0, 0.05) is 24.3 Å². The summed E-state index contributed by atoms with van der Waals surface area (Å²) in [4.78, 5) is 12.5. The minimum absolute atomic E-state index is 0.00984. The molecule has 3 rings (SSSR count). The summed E-state index contributed by atoms with van der Waals surface area (Å²) in [6, 6.07) is 0.554. The highest BCUT2D eigenvalue weighted by atomic mass is 16.2. The van der Waals surface area contributed by atoms with E-state index in [0.717, 1.165) is 17.7 Å². The minimum atomic E-state index is -0.0162. The third kappa shape index (κ3) is 2.84. The van der Waals surface area contributed by atoms with Gasteiger partial charge in [-0.3, -0.25) is 9.48 Å². The Morgan fingerprint density at radius 2 is 2.24 bits per heavy atom. The summed E-state index contributed by atoms with van der Waals surface area (Å²) in [5.74, 6) is 0.838. The number of nitrogens with zero attached hydrogens (tertiary/aromatic N) is 2. The average Bonchev–Trinajstić information content (AvgIpc) is 3.03. The molecule has 2 N–H and O–H groups in total. The monoisotopic (exact) mass is 290 g/mol. The predicted octanol–water partition coefficient (Wildman–Crippen LogP) is 1.83. The van der Waals surface area contributed by atoms with Crippen molar-refractivity contribution in [2.75, 3.05) is 0 Å². The van der Waals surface area contributed by atoms with Gasteiger partial charge in [-0.1, -0.05) is 12.8 Å². The number of rotatable bonds is 3. The number of amides is 1. The lowest BCUT2D eigenvalue weighted by Crippen LogP contribution is -2.43. The third-order valence-electron chi connectivity index (χ3n) is 5.28. The van der Waals surface area contributed by atoms with Gasteiger partial charge >= 0.3 is 0 Å². The summed E-state index contributed by atoms with van der Waals surface area (Å²) < 4.78 is 1.85. The zero-order valence-corrected chi connectivity index (χ0v) is 13.2. The van der Waals surface area contributed by atoms with Crippen molar-refractivity contribution in [1.82, 2.24) is 20.4 Å². The predicted molar refractivity (Wildman–Crippen MR) is 81.8 cm³/mol. The second kappa shape index (κ2) is 5.79. The molecule has 21 heavy (non-hydrogen) atoms. The second-order valence-corrected chi connectivity index (χ2v) is 6.65. The standard InChI is InChI=1S/C16H26N4O/c1-10(13-9-17-20(3)11(13)2)18-16(21)15-8-12-6-4-5-7-14(12)19-15/h9-10,12,14-15,19H,4-8H2,1-3H3,(H,18,21)/t10-,12+,14+,15-/m0/s1. The maximum Gasteiger partial charge on any atom is 0.237 e. The molecule has 1 aliphatic heterocycles. The number of fused-ring (bicyclic) bond motifs is 1. The molecule has 0 aromatic carbocycles. The van der Waals surface area contributed by atoms with E-state index in [4.69, 9.17) is 0 Å². The van der Waals surface area contributed by atoms with E-state index < -0.39 is 0 Å². The highest BCUT2D eigenvalue weighted by molar-refractivity contribution is 5.82. The van der Waals surface area contributed by atoms with Gasteiger partial charge in [-0.25, -0.2) is 0 Å². The Bertz CT molecular complexity index is 510. The van der Waals surface area contributed by atoms with Crippen molar-refractivity contribution in [2.24, 2.45) is 13.0 Å². The average molecular weight is 290 g/mol. The maximum atomic E-state index is 12.5. The zero-order chi connectivity index (χ0) is 15.0. The molecule has 116 valence electrons. The Hall–Kier alpha value is -1.36. The highest BCUT2D eigenvalue weighted by Crippen LogP contribution is 2.33. The molecular weight excluding hydrogens is 264 g/mol. The summed E-state index contributed by atoms with van der Waals surface area (Å²) in [6.07, 6.45) is 7.97. The van der Waals surface area contributed by atoms with Gasteiger partial charge in [0.15, 0.2) is 0 Å². The van der Waals surface area contributed by atoms with Crippen LogP contribution in [0.25, 0.3) is 0 Å². The molecule has 2 heterocycles. The van der Waals surface area contributed by atoms with Crippen molar-refractivity contribution in [3.05, 3.63) is 17.5 Å². The molecule has 1 saturated carbocycles. The Kier molecular flexibility index (Phi) is 4.02. The van der Waals surface area contributed by atoms with Crippen LogP contribution in [0, 0.1) is 12.8 Å². The van der Waals surface area contributed by atoms with E-state index in [0.29, 0.717) is 12.0 Å². The molecule has 4 atom stereocenters. The van der Waals surface area contributed by atoms with Crippen LogP contribution in [-0.4, -0.2) is 27.8 Å². The van der Waals surface area contributed by atoms with Crippen LogP contribution in [0.4, 0.5) is 0 Å². The van der Waals surface area contributed by atoms with Gasteiger partial charge in [0.2, 0.25) is 5.91 Å². The Morgan fingerprint density at radius 1 is 1.48 bits per heavy atom. The van der Waals surface area contributed by atoms with E-state index in [1.54, 1.807) is 0 Å². The number of aromatic nitrogens is 2. The van der Waals surface area contributed by atoms with Gasteiger partial charge in [0.25, 0.3) is 0 Å². The molecule has 5 heteroatoms. The normalized spacial score (nSPS) is 30.0. The van der Waals surface area contributed by atoms with Gasteiger partial charge < -0.3 is 10.6 Å². The SMILES string of the molecule is Cc1c([C@H](C)NC(=O)[C@@H]2C[C@H]3CCCC[C@H]3N2)cnn1C. The fourth-order valence-electron chi connectivity index (χ4n) is 3.85. The molecule has 0 unspecified atom stereocenters. The lowest BCUT2D eigenvalue weighted by Gasteiger charge is -2.24. The highest BCUT2D eigenvalue weighted by Gasteiger charge is 2.38. The van der Waals surface area contributed by atoms with Gasteiger partial charge in [-0.05, 0) is 39.0 Å². The van der Waals surface area contributed by atoms with Gasteiger partial charge in [-0.15, -0.1) is 0 Å². The Morgan fingerprint density at radius 3 is 2.90 bits per heavy atom. The number of hydrogen-bond donors (Lipinski definition) is 2. The minimum Gasteiger partial charge on any atom is -0.348 e. The smallest absolute Gasteiger partial charge is 0.237 e. The van der Waals surface area contributed by atoms with Gasteiger partial charge in [0.1, 0.15) is 0 Å². The van der Waals surface area contributed by atoms with Gasteiger partial charge in [-0.2, -0.15) is 5.10 Å². The van der Waals surface area contributed by atoms with Crippen molar-refractivity contribution < 1.29 is 4.79 Å². The largest absolute Gasteiger partial charge is 0.348 e. The first kappa shape index (κ1) is 14.6. The molecular formula is C16H26N4O. The summed E-state index contributed by atoms with van der Waals surface area (Å²) >= 11 is 0. The molecule has 1 aliphatic carbocycles. The number of hydrogen-bond acceptors (Lipinski definition) is 3. The fourth-order valence-corrected chi connectivity index (χ4v) is 3.85. The van der Waals surface area contributed by atoms with E-state index in [1.807, 2.05) is 31.8 Å². The maximum absolute atomic E-state index is 12.5. The van der Waals surface area contributed by atoms with Crippen LogP contribution in [0.2, 0.25) is 0 Å². The molecule has 1 aromatic rings. The van der Waals surface area contributed by atoms with E-state index in [2.05, 4.69) is 15.7 Å². The second-order valence-electron chi connectivity index (χ2n) is 6.65. The van der Waals surface area contributed by atoms with Crippen molar-refractivity contribution in [1.29, 1.82) is 0 Å². The molecule has 5 nitrogen and oxygen atoms in total. The number of carbonyl (C=O) groups is 1. The summed E-state index contributed by atoms with van der Waals surface area (Å²) in [5.41, 5.74) is 2.21. The first-order chi connectivity index (χ1) is 10.1. The molecule has 0 spiro atoms. The summed E-state index contributed by atoms with van der Waals surface area (Å²) in [7, 11) is 1.93. The number of carbonyl (C=O) groups excluding carboxylic acids is 1. The first-order valence-electron chi connectivity index (χ1n) is 8.11. The summed E-state index contributed by atoms with van der Waals surface area (Å²) in [6.45, 7) is 4.07. The van der Waals surface area contributed by atoms with Crippen LogP contribution in [0.1, 0.15) is 56.3 Å². The van der Waals surface area contributed by atoms with Crippen LogP contribution in [-0.2, 0) is 11.8 Å².